The van der Waals surface area contributed by atoms with Gasteiger partial charge in [-0.25, -0.2) is 0 Å². The molecule has 0 spiro atoms. The topological polar surface area (TPSA) is 102 Å². The van der Waals surface area contributed by atoms with Crippen molar-refractivity contribution in [1.29, 1.82) is 5.26 Å². The molecule has 0 bridgehead atoms. The molecule has 4 N–H and O–H groups in total. The molecule has 0 radical (unpaired) electrons. The summed E-state index contributed by atoms with van der Waals surface area (Å²) in [5, 5.41) is 23.7. The maximum atomic E-state index is 12.2. The standard InChI is InChI=1S/C23H26ClN5O2/c24-20-6-3-17(16-1-4-18(5-2-16)28-10-8-27-9-11-28)13-21(20)29(12-7-25)15-19(30)14-22(29)23(26)31/h1-6,13,19,22,27,30H,8-12,14-15H2,(H-,26,31)/p+1/t19-,22+,29?/m1/s1. The van der Waals surface area contributed by atoms with Crippen LogP contribution in [-0.2, 0) is 4.79 Å². The van der Waals surface area contributed by atoms with Crippen molar-refractivity contribution in [1.82, 2.24) is 9.80 Å². The number of rotatable bonds is 5. The Labute approximate surface area is 187 Å². The van der Waals surface area contributed by atoms with Crippen LogP contribution in [0.2, 0.25) is 5.02 Å². The summed E-state index contributed by atoms with van der Waals surface area (Å²) in [6.45, 7) is 4.16. The van der Waals surface area contributed by atoms with E-state index < -0.39 is 18.1 Å². The SMILES string of the molecule is N#CC[N+]1(c2cc(-c3ccc(N4CCNCC4)cc3)ccc2Cl)C[C@H](O)C[C@H]1C(N)=O. The molecular formula is C23H27ClN5O2+. The Kier molecular flexibility index (Phi) is 6.17. The molecule has 2 fully saturated rings. The highest BCUT2D eigenvalue weighted by molar-refractivity contribution is 6.33. The molecule has 4 rings (SSSR count). The first-order valence-electron chi connectivity index (χ1n) is 10.5. The Morgan fingerprint density at radius 3 is 2.55 bits per heavy atom. The number of halogens is 1. The molecular weight excluding hydrogens is 414 g/mol. The number of benzene rings is 2. The lowest BCUT2D eigenvalue weighted by Crippen LogP contribution is -2.58. The molecule has 2 heterocycles. The summed E-state index contributed by atoms with van der Waals surface area (Å²) in [5.74, 6) is -0.534. The molecule has 0 aliphatic carbocycles. The van der Waals surface area contributed by atoms with Gasteiger partial charge in [0.15, 0.2) is 18.3 Å². The number of piperazine rings is 1. The molecule has 2 saturated heterocycles. The Balaban J connectivity index is 1.71. The predicted octanol–water partition coefficient (Wildman–Crippen LogP) is 1.87. The van der Waals surface area contributed by atoms with Crippen LogP contribution in [0.3, 0.4) is 0 Å². The van der Waals surface area contributed by atoms with Gasteiger partial charge in [0.25, 0.3) is 5.91 Å². The molecule has 2 aliphatic heterocycles. The summed E-state index contributed by atoms with van der Waals surface area (Å²) in [4.78, 5) is 14.5. The number of aliphatic hydroxyl groups is 1. The number of amides is 1. The lowest BCUT2D eigenvalue weighted by Gasteiger charge is -2.36. The second-order valence-electron chi connectivity index (χ2n) is 8.29. The molecule has 8 heteroatoms. The highest BCUT2D eigenvalue weighted by Gasteiger charge is 2.52. The van der Waals surface area contributed by atoms with E-state index in [-0.39, 0.29) is 24.0 Å². The van der Waals surface area contributed by atoms with Gasteiger partial charge < -0.3 is 21.1 Å². The average Bonchev–Trinajstić information content (AvgIpc) is 3.12. The van der Waals surface area contributed by atoms with Gasteiger partial charge in [0.05, 0.1) is 0 Å². The number of likely N-dealkylation sites (tertiary alicyclic amines) is 1. The highest BCUT2D eigenvalue weighted by atomic mass is 35.5. The number of nitrogens with two attached hydrogens (primary N) is 1. The van der Waals surface area contributed by atoms with Crippen molar-refractivity contribution in [2.75, 3.05) is 44.2 Å². The van der Waals surface area contributed by atoms with E-state index in [4.69, 9.17) is 17.3 Å². The van der Waals surface area contributed by atoms with Crippen molar-refractivity contribution in [2.45, 2.75) is 18.6 Å². The van der Waals surface area contributed by atoms with E-state index in [1.54, 1.807) is 6.07 Å². The van der Waals surface area contributed by atoms with Gasteiger partial charge >= 0.3 is 0 Å². The number of hydrogen-bond acceptors (Lipinski definition) is 5. The lowest BCUT2D eigenvalue weighted by atomic mass is 10.0. The van der Waals surface area contributed by atoms with Gasteiger partial charge in [-0.1, -0.05) is 29.8 Å². The molecule has 31 heavy (non-hydrogen) atoms. The number of hydrogen-bond donors (Lipinski definition) is 3. The Hall–Kier alpha value is -2.63. The van der Waals surface area contributed by atoms with Crippen LogP contribution in [0.5, 0.6) is 0 Å². The fourth-order valence-corrected chi connectivity index (χ4v) is 5.16. The van der Waals surface area contributed by atoms with Crippen molar-refractivity contribution in [3.8, 4) is 17.2 Å². The molecule has 2 aliphatic rings. The number of carbonyl (C=O) groups is 1. The largest absolute Gasteiger partial charge is 0.387 e. The zero-order valence-electron chi connectivity index (χ0n) is 17.3. The van der Waals surface area contributed by atoms with Crippen LogP contribution in [-0.4, -0.2) is 62.4 Å². The average molecular weight is 441 g/mol. The first-order chi connectivity index (χ1) is 14.9. The first kappa shape index (κ1) is 21.6. The Morgan fingerprint density at radius 2 is 1.90 bits per heavy atom. The quantitative estimate of drug-likeness (QED) is 0.486. The minimum Gasteiger partial charge on any atom is -0.387 e. The number of nitrogens with zero attached hydrogens (tertiary/aromatic N) is 3. The zero-order valence-corrected chi connectivity index (χ0v) is 18.1. The number of nitriles is 1. The summed E-state index contributed by atoms with van der Waals surface area (Å²) in [6, 6.07) is 15.5. The van der Waals surface area contributed by atoms with Gasteiger partial charge in [-0.3, -0.25) is 9.28 Å². The summed E-state index contributed by atoms with van der Waals surface area (Å²) < 4.78 is -0.0431. The van der Waals surface area contributed by atoms with Gasteiger partial charge in [-0.15, -0.1) is 0 Å². The van der Waals surface area contributed by atoms with Crippen LogP contribution in [0, 0.1) is 11.3 Å². The van der Waals surface area contributed by atoms with E-state index in [0.717, 1.165) is 37.3 Å². The zero-order chi connectivity index (χ0) is 22.0. The Morgan fingerprint density at radius 1 is 1.23 bits per heavy atom. The maximum Gasteiger partial charge on any atom is 0.276 e. The molecule has 0 saturated carbocycles. The van der Waals surface area contributed by atoms with Crippen molar-refractivity contribution in [3.05, 3.63) is 47.5 Å². The third-order valence-corrected chi connectivity index (χ3v) is 6.74. The third-order valence-electron chi connectivity index (χ3n) is 6.42. The van der Waals surface area contributed by atoms with Gasteiger partial charge in [-0.2, -0.15) is 5.26 Å². The van der Waals surface area contributed by atoms with E-state index >= 15 is 0 Å². The summed E-state index contributed by atoms with van der Waals surface area (Å²) in [6.07, 6.45) is -0.499. The molecule has 162 valence electrons. The number of aliphatic hydroxyl groups excluding tert-OH is 1. The van der Waals surface area contributed by atoms with E-state index in [1.807, 2.05) is 12.1 Å². The van der Waals surface area contributed by atoms with Crippen LogP contribution < -0.4 is 20.4 Å². The first-order valence-corrected chi connectivity index (χ1v) is 10.9. The number of quaternary nitrogens is 1. The molecule has 2 aromatic rings. The molecule has 2 aromatic carbocycles. The van der Waals surface area contributed by atoms with Gasteiger partial charge in [0.2, 0.25) is 0 Å². The lowest BCUT2D eigenvalue weighted by molar-refractivity contribution is -0.121. The molecule has 0 aromatic heterocycles. The molecule has 1 unspecified atom stereocenters. The second kappa shape index (κ2) is 8.85. The van der Waals surface area contributed by atoms with E-state index in [1.165, 1.54) is 5.69 Å². The minimum absolute atomic E-state index is 0.00970. The van der Waals surface area contributed by atoms with Crippen LogP contribution in [0.25, 0.3) is 11.1 Å². The van der Waals surface area contributed by atoms with Crippen molar-refractivity contribution >= 4 is 28.9 Å². The van der Waals surface area contributed by atoms with Gasteiger partial charge in [0.1, 0.15) is 23.7 Å². The van der Waals surface area contributed by atoms with Crippen LogP contribution in [0.15, 0.2) is 42.5 Å². The molecule has 3 atom stereocenters. The Bertz CT molecular complexity index is 1000. The van der Waals surface area contributed by atoms with E-state index in [0.29, 0.717) is 10.7 Å². The number of primary amides is 1. The smallest absolute Gasteiger partial charge is 0.276 e. The molecule has 1 amide bonds. The normalized spacial score (nSPS) is 25.9. The fraction of sp³-hybridized carbons (Fsp3) is 0.391. The van der Waals surface area contributed by atoms with Crippen molar-refractivity contribution in [2.24, 2.45) is 5.73 Å². The number of carbonyl (C=O) groups excluding carboxylic acids is 1. The molecule has 7 nitrogen and oxygen atoms in total. The summed E-state index contributed by atoms with van der Waals surface area (Å²) in [7, 11) is 0. The van der Waals surface area contributed by atoms with Crippen LogP contribution >= 0.6 is 11.6 Å². The predicted molar refractivity (Wildman–Crippen MR) is 123 cm³/mol. The highest BCUT2D eigenvalue weighted by Crippen LogP contribution is 2.41. The van der Waals surface area contributed by atoms with Gasteiger partial charge in [-0.05, 0) is 29.3 Å². The summed E-state index contributed by atoms with van der Waals surface area (Å²) in [5.41, 5.74) is 9.44. The van der Waals surface area contributed by atoms with Crippen molar-refractivity contribution in [3.63, 3.8) is 0 Å². The van der Waals surface area contributed by atoms with E-state index in [9.17, 15) is 15.2 Å². The van der Waals surface area contributed by atoms with E-state index in [2.05, 4.69) is 40.6 Å². The number of nitrogens with one attached hydrogen (secondary N) is 1. The van der Waals surface area contributed by atoms with Crippen LogP contribution in [0.1, 0.15) is 6.42 Å². The summed E-state index contributed by atoms with van der Waals surface area (Å²) >= 11 is 6.56. The van der Waals surface area contributed by atoms with Gasteiger partial charge in [0, 0.05) is 44.4 Å². The van der Waals surface area contributed by atoms with Crippen LogP contribution in [0.4, 0.5) is 11.4 Å². The second-order valence-corrected chi connectivity index (χ2v) is 8.70. The third kappa shape index (κ3) is 4.12. The van der Waals surface area contributed by atoms with Crippen molar-refractivity contribution < 1.29 is 9.90 Å². The maximum absolute atomic E-state index is 12.2. The number of anilines is 1. The fourth-order valence-electron chi connectivity index (χ4n) is 4.87. The minimum atomic E-state index is -0.719. The monoisotopic (exact) mass is 440 g/mol.